The maximum Gasteiger partial charge on any atom is 0.319 e. The minimum Gasteiger partial charge on any atom is -0.367 e. The predicted molar refractivity (Wildman–Crippen MR) is 104 cm³/mol. The van der Waals surface area contributed by atoms with E-state index in [1.807, 2.05) is 48.7 Å². The average molecular weight is 369 g/mol. The molecule has 0 spiro atoms. The molecule has 4 N–H and O–H groups in total. The minimum atomic E-state index is -0.231. The van der Waals surface area contributed by atoms with E-state index in [0.717, 1.165) is 10.6 Å². The van der Waals surface area contributed by atoms with Gasteiger partial charge < -0.3 is 16.0 Å². The highest BCUT2D eigenvalue weighted by Gasteiger charge is 2.02. The summed E-state index contributed by atoms with van der Waals surface area (Å²) < 4.78 is 0. The van der Waals surface area contributed by atoms with Crippen molar-refractivity contribution in [2.45, 2.75) is 6.92 Å². The molecular weight excluding hydrogens is 350 g/mol. The number of hydrogen-bond donors (Lipinski definition) is 4. The summed E-state index contributed by atoms with van der Waals surface area (Å²) in [6.07, 6.45) is 1.79. The van der Waals surface area contributed by atoms with Crippen molar-refractivity contribution in [2.24, 2.45) is 0 Å². The van der Waals surface area contributed by atoms with Crippen molar-refractivity contribution in [3.63, 3.8) is 0 Å². The highest BCUT2D eigenvalue weighted by molar-refractivity contribution is 7.14. The molecule has 9 heteroatoms. The molecule has 134 valence electrons. The molecule has 0 aromatic carbocycles. The van der Waals surface area contributed by atoms with Gasteiger partial charge in [0.2, 0.25) is 0 Å². The second-order valence-electron chi connectivity index (χ2n) is 5.43. The van der Waals surface area contributed by atoms with Crippen LogP contribution in [0, 0.1) is 6.92 Å². The van der Waals surface area contributed by atoms with Gasteiger partial charge in [-0.25, -0.2) is 9.78 Å². The third-order valence-corrected chi connectivity index (χ3v) is 4.09. The number of pyridine rings is 1. The first-order valence-corrected chi connectivity index (χ1v) is 8.93. The first-order valence-electron chi connectivity index (χ1n) is 8.05. The number of urea groups is 1. The van der Waals surface area contributed by atoms with E-state index in [0.29, 0.717) is 30.5 Å². The molecule has 8 nitrogen and oxygen atoms in total. The molecule has 3 heterocycles. The number of rotatable bonds is 7. The molecular formula is C17H19N7OS. The van der Waals surface area contributed by atoms with Crippen LogP contribution in [0.15, 0.2) is 48.0 Å². The number of nitrogens with zero attached hydrogens (tertiary/aromatic N) is 3. The fraction of sp³-hybridized carbons (Fsp3) is 0.176. The molecule has 0 saturated heterocycles. The Labute approximate surface area is 155 Å². The number of hydrogen-bond acceptors (Lipinski definition) is 7. The lowest BCUT2D eigenvalue weighted by Crippen LogP contribution is -2.32. The van der Waals surface area contributed by atoms with Crippen LogP contribution >= 0.6 is 11.3 Å². The summed E-state index contributed by atoms with van der Waals surface area (Å²) in [6.45, 7) is 2.99. The fourth-order valence-electron chi connectivity index (χ4n) is 2.04. The summed E-state index contributed by atoms with van der Waals surface area (Å²) >= 11 is 1.47. The van der Waals surface area contributed by atoms with Gasteiger partial charge in [0.05, 0.1) is 5.00 Å². The Morgan fingerprint density at radius 3 is 2.54 bits per heavy atom. The maximum atomic E-state index is 11.7. The molecule has 0 bridgehead atoms. The molecule has 0 aliphatic rings. The van der Waals surface area contributed by atoms with Crippen molar-refractivity contribution in [3.05, 3.63) is 53.5 Å². The number of aromatic nitrogens is 3. The average Bonchev–Trinajstić information content (AvgIpc) is 3.15. The van der Waals surface area contributed by atoms with Crippen LogP contribution in [0.5, 0.6) is 0 Å². The minimum absolute atomic E-state index is 0.231. The molecule has 3 aromatic rings. The fourth-order valence-corrected chi connectivity index (χ4v) is 2.65. The van der Waals surface area contributed by atoms with E-state index in [-0.39, 0.29) is 6.03 Å². The van der Waals surface area contributed by atoms with Crippen LogP contribution in [0.25, 0.3) is 0 Å². The summed E-state index contributed by atoms with van der Waals surface area (Å²) in [6, 6.07) is 11.0. The Kier molecular flexibility index (Phi) is 5.94. The van der Waals surface area contributed by atoms with Crippen molar-refractivity contribution in [2.75, 3.05) is 29.0 Å². The molecule has 0 fully saturated rings. The van der Waals surface area contributed by atoms with Crippen LogP contribution in [-0.2, 0) is 0 Å². The quantitative estimate of drug-likeness (QED) is 0.477. The molecule has 3 rings (SSSR count). The van der Waals surface area contributed by atoms with Crippen molar-refractivity contribution in [1.82, 2.24) is 20.5 Å². The highest BCUT2D eigenvalue weighted by Crippen LogP contribution is 2.14. The first-order chi connectivity index (χ1) is 12.7. The Bertz CT molecular complexity index is 819. The molecule has 0 aliphatic carbocycles. The van der Waals surface area contributed by atoms with Gasteiger partial charge in [-0.05, 0) is 48.2 Å². The second-order valence-corrected chi connectivity index (χ2v) is 6.38. The zero-order valence-corrected chi connectivity index (χ0v) is 15.0. The summed E-state index contributed by atoms with van der Waals surface area (Å²) in [5, 5.41) is 22.6. The molecule has 0 aliphatic heterocycles. The number of aryl methyl sites for hydroxylation is 1. The zero-order valence-electron chi connectivity index (χ0n) is 14.2. The highest BCUT2D eigenvalue weighted by atomic mass is 32.1. The van der Waals surface area contributed by atoms with Gasteiger partial charge in [-0.3, -0.25) is 5.32 Å². The molecule has 3 aromatic heterocycles. The number of carbonyl (C=O) groups excluding carboxylic acids is 1. The van der Waals surface area contributed by atoms with Gasteiger partial charge in [0, 0.05) is 19.3 Å². The Balaban J connectivity index is 1.38. The van der Waals surface area contributed by atoms with Crippen molar-refractivity contribution in [3.8, 4) is 0 Å². The Morgan fingerprint density at radius 2 is 1.85 bits per heavy atom. The van der Waals surface area contributed by atoms with Crippen LogP contribution in [0.3, 0.4) is 0 Å². The molecule has 26 heavy (non-hydrogen) atoms. The topological polar surface area (TPSA) is 104 Å². The lowest BCUT2D eigenvalue weighted by atomic mass is 10.3. The molecule has 0 saturated carbocycles. The van der Waals surface area contributed by atoms with Gasteiger partial charge >= 0.3 is 6.03 Å². The Hall–Kier alpha value is -3.20. The number of amides is 2. The van der Waals surface area contributed by atoms with Crippen molar-refractivity contribution in [1.29, 1.82) is 0 Å². The van der Waals surface area contributed by atoms with Gasteiger partial charge in [-0.1, -0.05) is 6.07 Å². The van der Waals surface area contributed by atoms with Crippen LogP contribution in [0.1, 0.15) is 5.56 Å². The van der Waals surface area contributed by atoms with Gasteiger partial charge in [0.15, 0.2) is 5.82 Å². The van der Waals surface area contributed by atoms with E-state index in [4.69, 9.17) is 0 Å². The smallest absolute Gasteiger partial charge is 0.319 e. The molecule has 0 unspecified atom stereocenters. The van der Waals surface area contributed by atoms with Crippen LogP contribution < -0.4 is 21.3 Å². The van der Waals surface area contributed by atoms with Crippen LogP contribution in [0.4, 0.5) is 27.2 Å². The lowest BCUT2D eigenvalue weighted by Gasteiger charge is -2.08. The molecule has 0 radical (unpaired) electrons. The lowest BCUT2D eigenvalue weighted by molar-refractivity contribution is 0.252. The largest absolute Gasteiger partial charge is 0.367 e. The van der Waals surface area contributed by atoms with Crippen molar-refractivity contribution < 1.29 is 4.79 Å². The monoisotopic (exact) mass is 369 g/mol. The van der Waals surface area contributed by atoms with Crippen molar-refractivity contribution >= 4 is 39.8 Å². The molecule has 2 amide bonds. The number of nitrogens with one attached hydrogen (secondary N) is 4. The normalized spacial score (nSPS) is 10.2. The van der Waals surface area contributed by atoms with E-state index in [1.54, 1.807) is 6.20 Å². The third-order valence-electron chi connectivity index (χ3n) is 3.31. The number of anilines is 4. The SMILES string of the molecule is Cc1ccc(Nc2ccc(NCCNC(=O)Nc3cccs3)nn2)nc1. The predicted octanol–water partition coefficient (Wildman–Crippen LogP) is 3.22. The zero-order chi connectivity index (χ0) is 18.2. The van der Waals surface area contributed by atoms with Gasteiger partial charge in [0.25, 0.3) is 0 Å². The van der Waals surface area contributed by atoms with E-state index in [9.17, 15) is 4.79 Å². The van der Waals surface area contributed by atoms with Gasteiger partial charge in [0.1, 0.15) is 11.6 Å². The Morgan fingerprint density at radius 1 is 1.04 bits per heavy atom. The van der Waals surface area contributed by atoms with E-state index < -0.39 is 0 Å². The van der Waals surface area contributed by atoms with Crippen LogP contribution in [0.2, 0.25) is 0 Å². The standard InChI is InChI=1S/C17H19N7OS/c1-12-4-5-13(20-11-12)21-15-7-6-14(23-24-15)18-8-9-19-17(25)22-16-3-2-10-26-16/h2-7,10-11H,8-9H2,1H3,(H,18,23)(H2,19,22,25)(H,20,21,24). The number of thiophene rings is 1. The summed E-state index contributed by atoms with van der Waals surface area (Å²) in [7, 11) is 0. The summed E-state index contributed by atoms with van der Waals surface area (Å²) in [5.41, 5.74) is 1.10. The van der Waals surface area contributed by atoms with E-state index in [2.05, 4.69) is 36.4 Å². The second kappa shape index (κ2) is 8.77. The molecule has 0 atom stereocenters. The third kappa shape index (κ3) is 5.42. The van der Waals surface area contributed by atoms with E-state index >= 15 is 0 Å². The maximum absolute atomic E-state index is 11.7. The van der Waals surface area contributed by atoms with Gasteiger partial charge in [-0.15, -0.1) is 21.5 Å². The summed E-state index contributed by atoms with van der Waals surface area (Å²) in [5.74, 6) is 1.96. The van der Waals surface area contributed by atoms with Crippen LogP contribution in [-0.4, -0.2) is 34.3 Å². The van der Waals surface area contributed by atoms with Gasteiger partial charge in [-0.2, -0.15) is 0 Å². The first kappa shape index (κ1) is 17.6. The summed E-state index contributed by atoms with van der Waals surface area (Å²) in [4.78, 5) is 15.9. The number of carbonyl (C=O) groups is 1. The van der Waals surface area contributed by atoms with E-state index in [1.165, 1.54) is 11.3 Å².